The summed E-state index contributed by atoms with van der Waals surface area (Å²) in [6.07, 6.45) is 3.18. The molecule has 154 valence electrons. The van der Waals surface area contributed by atoms with Crippen molar-refractivity contribution in [2.75, 3.05) is 0 Å². The van der Waals surface area contributed by atoms with Crippen LogP contribution in [0.4, 0.5) is 0 Å². The van der Waals surface area contributed by atoms with E-state index in [2.05, 4.69) is 27.3 Å². The molecule has 1 aromatic carbocycles. The molecule has 0 aliphatic rings. The molecule has 0 radical (unpaired) electrons. The third-order valence-electron chi connectivity index (χ3n) is 4.67. The van der Waals surface area contributed by atoms with Gasteiger partial charge in [0.25, 0.3) is 5.56 Å². The van der Waals surface area contributed by atoms with E-state index in [-0.39, 0.29) is 5.56 Å². The molecule has 0 aliphatic heterocycles. The zero-order valence-corrected chi connectivity index (χ0v) is 17.8. The fraction of sp³-hybridized carbons (Fsp3) is 0.0909. The third-order valence-corrected chi connectivity index (χ3v) is 5.89. The number of nitrogens with zero attached hydrogens (tertiary/aromatic N) is 5. The van der Waals surface area contributed by atoms with Crippen LogP contribution >= 0.6 is 23.4 Å². The van der Waals surface area contributed by atoms with Crippen LogP contribution in [0, 0.1) is 0 Å². The van der Waals surface area contributed by atoms with Crippen molar-refractivity contribution in [1.29, 1.82) is 0 Å². The highest BCUT2D eigenvalue weighted by atomic mass is 35.5. The minimum absolute atomic E-state index is 0.176. The van der Waals surface area contributed by atoms with Gasteiger partial charge < -0.3 is 4.42 Å². The first-order valence-electron chi connectivity index (χ1n) is 9.49. The molecule has 0 atom stereocenters. The van der Waals surface area contributed by atoms with Crippen LogP contribution in [0.3, 0.4) is 0 Å². The Morgan fingerprint density at radius 2 is 1.90 bits per heavy atom. The number of furan rings is 1. The maximum Gasteiger partial charge on any atom is 0.258 e. The Bertz CT molecular complexity index is 1400. The summed E-state index contributed by atoms with van der Waals surface area (Å²) >= 11 is 7.45. The van der Waals surface area contributed by atoms with Crippen molar-refractivity contribution in [3.05, 3.63) is 99.8 Å². The maximum absolute atomic E-state index is 12.4. The second-order valence-electron chi connectivity index (χ2n) is 6.81. The van der Waals surface area contributed by atoms with Gasteiger partial charge in [0.05, 0.1) is 23.5 Å². The van der Waals surface area contributed by atoms with Crippen molar-refractivity contribution in [2.24, 2.45) is 0 Å². The molecular weight excluding hydrogens is 434 g/mol. The van der Waals surface area contributed by atoms with E-state index in [9.17, 15) is 4.79 Å². The zero-order valence-electron chi connectivity index (χ0n) is 16.2. The summed E-state index contributed by atoms with van der Waals surface area (Å²) in [5.41, 5.74) is 2.15. The lowest BCUT2D eigenvalue weighted by Crippen LogP contribution is -2.15. The average molecular weight is 450 g/mol. The number of rotatable bonds is 6. The predicted octanol–water partition coefficient (Wildman–Crippen LogP) is 4.54. The lowest BCUT2D eigenvalue weighted by Gasteiger charge is -2.09. The summed E-state index contributed by atoms with van der Waals surface area (Å²) < 4.78 is 8.99. The normalized spacial score (nSPS) is 11.3. The molecule has 9 heteroatoms. The van der Waals surface area contributed by atoms with E-state index in [0.29, 0.717) is 45.4 Å². The summed E-state index contributed by atoms with van der Waals surface area (Å²) in [7, 11) is 0. The molecule has 0 aliphatic carbocycles. The Morgan fingerprint density at radius 1 is 1.03 bits per heavy atom. The molecular formula is C22H16ClN5O2S. The Hall–Kier alpha value is -3.36. The molecule has 4 aromatic heterocycles. The quantitative estimate of drug-likeness (QED) is 0.354. The molecule has 0 amide bonds. The topological polar surface area (TPSA) is 78.2 Å². The molecule has 0 bridgehead atoms. The van der Waals surface area contributed by atoms with E-state index in [1.807, 2.05) is 34.9 Å². The van der Waals surface area contributed by atoms with Gasteiger partial charge in [0.15, 0.2) is 10.9 Å². The summed E-state index contributed by atoms with van der Waals surface area (Å²) in [5.74, 6) is 1.77. The van der Waals surface area contributed by atoms with Gasteiger partial charge in [0.2, 0.25) is 5.82 Å². The van der Waals surface area contributed by atoms with Crippen LogP contribution in [0.15, 0.2) is 87.5 Å². The summed E-state index contributed by atoms with van der Waals surface area (Å²) in [5, 5.41) is 9.91. The molecule has 0 fully saturated rings. The second-order valence-corrected chi connectivity index (χ2v) is 8.18. The van der Waals surface area contributed by atoms with Gasteiger partial charge in [-0.1, -0.05) is 53.7 Å². The van der Waals surface area contributed by atoms with Crippen LogP contribution in [0.5, 0.6) is 0 Å². The minimum Gasteiger partial charge on any atom is -0.461 e. The lowest BCUT2D eigenvalue weighted by molar-refractivity contribution is 0.569. The van der Waals surface area contributed by atoms with Crippen LogP contribution in [-0.4, -0.2) is 24.1 Å². The molecule has 0 N–H and O–H groups in total. The van der Waals surface area contributed by atoms with E-state index in [0.717, 1.165) is 5.56 Å². The fourth-order valence-corrected chi connectivity index (χ4v) is 4.22. The fourth-order valence-electron chi connectivity index (χ4n) is 3.23. The third kappa shape index (κ3) is 4.12. The Labute approximate surface area is 186 Å². The van der Waals surface area contributed by atoms with Crippen molar-refractivity contribution in [3.8, 4) is 11.6 Å². The maximum atomic E-state index is 12.4. The van der Waals surface area contributed by atoms with Gasteiger partial charge >= 0.3 is 0 Å². The van der Waals surface area contributed by atoms with Gasteiger partial charge in [0, 0.05) is 18.0 Å². The van der Waals surface area contributed by atoms with Crippen LogP contribution in [0.2, 0.25) is 5.02 Å². The van der Waals surface area contributed by atoms with Gasteiger partial charge in [-0.05, 0) is 29.8 Å². The predicted molar refractivity (Wildman–Crippen MR) is 119 cm³/mol. The van der Waals surface area contributed by atoms with Gasteiger partial charge in [-0.15, -0.1) is 10.2 Å². The molecule has 0 saturated carbocycles. The number of pyridine rings is 1. The Morgan fingerprint density at radius 3 is 2.71 bits per heavy atom. The summed E-state index contributed by atoms with van der Waals surface area (Å²) in [4.78, 5) is 17.0. The Balaban J connectivity index is 1.46. The van der Waals surface area contributed by atoms with Crippen molar-refractivity contribution in [1.82, 2.24) is 24.1 Å². The number of halogens is 1. The smallest absolute Gasteiger partial charge is 0.258 e. The summed E-state index contributed by atoms with van der Waals surface area (Å²) in [6.45, 7) is 0.596. The highest BCUT2D eigenvalue weighted by molar-refractivity contribution is 7.98. The van der Waals surface area contributed by atoms with Crippen molar-refractivity contribution >= 4 is 29.0 Å². The largest absolute Gasteiger partial charge is 0.461 e. The number of fused-ring (bicyclic) bond motifs is 1. The lowest BCUT2D eigenvalue weighted by atomic mass is 10.2. The molecule has 5 rings (SSSR count). The first kappa shape index (κ1) is 19.6. The molecule has 5 aromatic rings. The van der Waals surface area contributed by atoms with Crippen molar-refractivity contribution < 1.29 is 4.42 Å². The second kappa shape index (κ2) is 8.41. The van der Waals surface area contributed by atoms with Crippen LogP contribution in [0.25, 0.3) is 17.2 Å². The van der Waals surface area contributed by atoms with Crippen molar-refractivity contribution in [2.45, 2.75) is 17.5 Å². The van der Waals surface area contributed by atoms with E-state index in [4.69, 9.17) is 16.0 Å². The molecule has 7 nitrogen and oxygen atoms in total. The first-order valence-corrected chi connectivity index (χ1v) is 10.9. The van der Waals surface area contributed by atoms with Crippen LogP contribution in [-0.2, 0) is 12.3 Å². The van der Waals surface area contributed by atoms with Crippen LogP contribution < -0.4 is 5.56 Å². The molecule has 0 unspecified atom stereocenters. The van der Waals surface area contributed by atoms with Gasteiger partial charge in [-0.2, -0.15) is 0 Å². The standard InChI is InChI=1S/C22H16ClN5O2S/c23-16-8-9-19-24-17(11-20(29)27(19)13-16)14-31-22-26-25-21(18-7-4-10-30-18)28(22)12-15-5-2-1-3-6-15/h1-11,13H,12,14H2. The highest BCUT2D eigenvalue weighted by Gasteiger charge is 2.17. The van der Waals surface area contributed by atoms with Crippen molar-refractivity contribution in [3.63, 3.8) is 0 Å². The SMILES string of the molecule is O=c1cc(CSc2nnc(-c3ccco3)n2Cc2ccccc2)nc2ccc(Cl)cn12. The van der Waals surface area contributed by atoms with Gasteiger partial charge in [-0.3, -0.25) is 13.8 Å². The van der Waals surface area contributed by atoms with Gasteiger partial charge in [-0.25, -0.2) is 4.98 Å². The number of aromatic nitrogens is 5. The highest BCUT2D eigenvalue weighted by Crippen LogP contribution is 2.27. The first-order chi connectivity index (χ1) is 15.2. The molecule has 4 heterocycles. The average Bonchev–Trinajstić information content (AvgIpc) is 3.44. The van der Waals surface area contributed by atoms with Gasteiger partial charge in [0.1, 0.15) is 5.65 Å². The molecule has 0 saturated heterocycles. The van der Waals surface area contributed by atoms with E-state index in [1.165, 1.54) is 22.2 Å². The number of benzene rings is 1. The number of hydrogen-bond acceptors (Lipinski definition) is 6. The monoisotopic (exact) mass is 449 g/mol. The minimum atomic E-state index is -0.176. The molecule has 0 spiro atoms. The van der Waals surface area contributed by atoms with E-state index >= 15 is 0 Å². The van der Waals surface area contributed by atoms with E-state index < -0.39 is 0 Å². The zero-order chi connectivity index (χ0) is 21.2. The summed E-state index contributed by atoms with van der Waals surface area (Å²) in [6, 6.07) is 18.7. The van der Waals surface area contributed by atoms with Crippen LogP contribution in [0.1, 0.15) is 11.3 Å². The molecule has 31 heavy (non-hydrogen) atoms. The van der Waals surface area contributed by atoms with E-state index in [1.54, 1.807) is 24.6 Å². The Kier molecular flexibility index (Phi) is 5.31. The number of hydrogen-bond donors (Lipinski definition) is 0. The number of thioether (sulfide) groups is 1.